The fourth-order valence-electron chi connectivity index (χ4n) is 2.59. The molecule has 0 aliphatic heterocycles. The zero-order valence-electron chi connectivity index (χ0n) is 16.4. The van der Waals surface area contributed by atoms with Gasteiger partial charge >= 0.3 is 5.97 Å². The van der Waals surface area contributed by atoms with E-state index in [4.69, 9.17) is 9.15 Å². The highest BCUT2D eigenvalue weighted by atomic mass is 32.1. The van der Waals surface area contributed by atoms with Crippen molar-refractivity contribution in [2.45, 2.75) is 33.8 Å². The van der Waals surface area contributed by atoms with E-state index in [9.17, 15) is 14.4 Å². The van der Waals surface area contributed by atoms with Crippen LogP contribution < -0.4 is 10.7 Å². The molecule has 1 N–H and O–H groups in total. The van der Waals surface area contributed by atoms with Crippen LogP contribution in [0.4, 0.5) is 5.13 Å². The van der Waals surface area contributed by atoms with Gasteiger partial charge in [-0.15, -0.1) is 0 Å². The highest BCUT2D eigenvalue weighted by molar-refractivity contribution is 7.17. The number of nitrogens with zero attached hydrogens (tertiary/aromatic N) is 1. The monoisotopic (exact) mass is 412 g/mol. The molecule has 2 heterocycles. The number of aryl methyl sites for hydroxylation is 2. The molecule has 150 valence electrons. The molecule has 3 rings (SSSR count). The molecule has 0 bridgehead atoms. The fraction of sp³-hybridized carbons (Fsp3) is 0.238. The first-order valence-corrected chi connectivity index (χ1v) is 9.76. The predicted octanol–water partition coefficient (Wildman–Crippen LogP) is 4.08. The number of hydrogen-bond acceptors (Lipinski definition) is 7. The number of anilines is 1. The number of aromatic nitrogens is 1. The molecule has 2 aromatic heterocycles. The van der Waals surface area contributed by atoms with Crippen LogP contribution in [0.5, 0.6) is 0 Å². The van der Waals surface area contributed by atoms with Crippen molar-refractivity contribution in [1.29, 1.82) is 0 Å². The third-order valence-electron chi connectivity index (χ3n) is 3.92. The van der Waals surface area contributed by atoms with Gasteiger partial charge in [-0.05, 0) is 45.9 Å². The number of fused-ring (bicyclic) bond motifs is 1. The summed E-state index contributed by atoms with van der Waals surface area (Å²) < 4.78 is 10.6. The molecule has 0 aliphatic rings. The third kappa shape index (κ3) is 4.78. The Morgan fingerprint density at radius 3 is 2.76 bits per heavy atom. The number of rotatable bonds is 5. The number of benzene rings is 1. The SMILES string of the molecule is Cc1ccc2occ(/C=C/C(=O)Nc3nc(C)c(C(=O)OC(C)C)s3)c(=O)c2c1. The van der Waals surface area contributed by atoms with E-state index in [0.717, 1.165) is 16.9 Å². The van der Waals surface area contributed by atoms with Crippen molar-refractivity contribution in [2.24, 2.45) is 0 Å². The van der Waals surface area contributed by atoms with E-state index >= 15 is 0 Å². The van der Waals surface area contributed by atoms with Crippen LogP contribution in [0.15, 0.2) is 39.7 Å². The summed E-state index contributed by atoms with van der Waals surface area (Å²) in [5.74, 6) is -0.957. The van der Waals surface area contributed by atoms with Crippen LogP contribution in [0.2, 0.25) is 0 Å². The summed E-state index contributed by atoms with van der Waals surface area (Å²) in [5, 5.41) is 3.32. The number of carbonyl (C=O) groups is 2. The largest absolute Gasteiger partial charge is 0.463 e. The van der Waals surface area contributed by atoms with Crippen LogP contribution in [-0.2, 0) is 9.53 Å². The minimum Gasteiger partial charge on any atom is -0.463 e. The molecular formula is C21H20N2O5S. The number of nitrogens with one attached hydrogen (secondary N) is 1. The van der Waals surface area contributed by atoms with E-state index < -0.39 is 11.9 Å². The summed E-state index contributed by atoms with van der Waals surface area (Å²) in [6.45, 7) is 7.07. The lowest BCUT2D eigenvalue weighted by Gasteiger charge is -2.05. The normalized spacial score (nSPS) is 11.3. The molecule has 8 heteroatoms. The second kappa shape index (κ2) is 8.40. The van der Waals surface area contributed by atoms with Gasteiger partial charge in [-0.2, -0.15) is 0 Å². The van der Waals surface area contributed by atoms with Gasteiger partial charge in [0.1, 0.15) is 16.7 Å². The fourth-order valence-corrected chi connectivity index (χ4v) is 3.45. The van der Waals surface area contributed by atoms with Crippen molar-refractivity contribution < 1.29 is 18.7 Å². The third-order valence-corrected chi connectivity index (χ3v) is 4.98. The number of hydrogen-bond donors (Lipinski definition) is 1. The zero-order valence-corrected chi connectivity index (χ0v) is 17.3. The van der Waals surface area contributed by atoms with Crippen molar-refractivity contribution in [3.63, 3.8) is 0 Å². The van der Waals surface area contributed by atoms with Gasteiger partial charge in [-0.1, -0.05) is 23.0 Å². The standard InChI is InChI=1S/C21H20N2O5S/c1-11(2)28-20(26)19-13(4)22-21(29-19)23-17(24)8-6-14-10-27-16-7-5-12(3)9-15(16)18(14)25/h5-11H,1-4H3,(H,22,23,24)/b8-6+. The van der Waals surface area contributed by atoms with Gasteiger partial charge in [0.05, 0.1) is 22.7 Å². The smallest absolute Gasteiger partial charge is 0.350 e. The van der Waals surface area contributed by atoms with Gasteiger partial charge in [0.25, 0.3) is 0 Å². The van der Waals surface area contributed by atoms with E-state index in [0.29, 0.717) is 21.5 Å². The Hall–Kier alpha value is -3.26. The maximum Gasteiger partial charge on any atom is 0.350 e. The van der Waals surface area contributed by atoms with E-state index in [-0.39, 0.29) is 22.2 Å². The maximum atomic E-state index is 12.6. The molecule has 0 atom stereocenters. The summed E-state index contributed by atoms with van der Waals surface area (Å²) in [5.41, 5.74) is 1.94. The number of amides is 1. The van der Waals surface area contributed by atoms with Crippen molar-refractivity contribution in [2.75, 3.05) is 5.32 Å². The van der Waals surface area contributed by atoms with Gasteiger partial charge < -0.3 is 9.15 Å². The lowest BCUT2D eigenvalue weighted by atomic mass is 10.1. The molecule has 0 spiro atoms. The molecule has 1 aromatic carbocycles. The number of carbonyl (C=O) groups excluding carboxylic acids is 2. The first-order chi connectivity index (χ1) is 13.7. The second-order valence-electron chi connectivity index (χ2n) is 6.73. The first-order valence-electron chi connectivity index (χ1n) is 8.94. The van der Waals surface area contributed by atoms with Crippen molar-refractivity contribution in [3.05, 3.63) is 62.5 Å². The highest BCUT2D eigenvalue weighted by Gasteiger charge is 2.18. The van der Waals surface area contributed by atoms with E-state index in [2.05, 4.69) is 10.3 Å². The molecule has 0 unspecified atom stereocenters. The highest BCUT2D eigenvalue weighted by Crippen LogP contribution is 2.24. The molecule has 29 heavy (non-hydrogen) atoms. The summed E-state index contributed by atoms with van der Waals surface area (Å²) >= 11 is 1.03. The summed E-state index contributed by atoms with van der Waals surface area (Å²) in [7, 11) is 0. The Morgan fingerprint density at radius 1 is 1.28 bits per heavy atom. The van der Waals surface area contributed by atoms with Gasteiger partial charge in [0.2, 0.25) is 5.91 Å². The number of ether oxygens (including phenoxy) is 1. The Kier molecular flexibility index (Phi) is 5.93. The zero-order chi connectivity index (χ0) is 21.1. The summed E-state index contributed by atoms with van der Waals surface area (Å²) in [4.78, 5) is 41.3. The van der Waals surface area contributed by atoms with Crippen molar-refractivity contribution >= 4 is 45.4 Å². The Morgan fingerprint density at radius 2 is 2.03 bits per heavy atom. The molecule has 0 saturated carbocycles. The van der Waals surface area contributed by atoms with Gasteiger partial charge in [-0.3, -0.25) is 14.9 Å². The Balaban J connectivity index is 1.75. The Bertz CT molecular complexity index is 1170. The van der Waals surface area contributed by atoms with Crippen LogP contribution in [0.3, 0.4) is 0 Å². The first kappa shape index (κ1) is 20.5. The molecular weight excluding hydrogens is 392 g/mol. The van der Waals surface area contributed by atoms with Crippen molar-refractivity contribution in [3.8, 4) is 0 Å². The van der Waals surface area contributed by atoms with Crippen molar-refractivity contribution in [1.82, 2.24) is 4.98 Å². The summed E-state index contributed by atoms with van der Waals surface area (Å²) in [6.07, 6.45) is 3.67. The maximum absolute atomic E-state index is 12.6. The van der Waals surface area contributed by atoms with Gasteiger partial charge in [0.15, 0.2) is 10.6 Å². The van der Waals surface area contributed by atoms with Crippen LogP contribution in [0.1, 0.15) is 40.3 Å². The molecule has 0 saturated heterocycles. The molecule has 0 radical (unpaired) electrons. The van der Waals surface area contributed by atoms with Crippen LogP contribution in [0, 0.1) is 13.8 Å². The minimum atomic E-state index is -0.480. The quantitative estimate of drug-likeness (QED) is 0.501. The Labute approximate surface area is 171 Å². The van der Waals surface area contributed by atoms with Gasteiger partial charge in [-0.25, -0.2) is 9.78 Å². The molecule has 3 aromatic rings. The van der Waals surface area contributed by atoms with E-state index in [1.807, 2.05) is 13.0 Å². The molecule has 0 fully saturated rings. The molecule has 1 amide bonds. The minimum absolute atomic E-state index is 0.220. The van der Waals surface area contributed by atoms with Crippen LogP contribution in [0.25, 0.3) is 17.0 Å². The average molecular weight is 412 g/mol. The van der Waals surface area contributed by atoms with E-state index in [1.165, 1.54) is 18.4 Å². The van der Waals surface area contributed by atoms with Gasteiger partial charge in [0, 0.05) is 6.08 Å². The average Bonchev–Trinajstić information content (AvgIpc) is 3.01. The lowest BCUT2D eigenvalue weighted by Crippen LogP contribution is -2.11. The topological polar surface area (TPSA) is 98.5 Å². The van der Waals surface area contributed by atoms with E-state index in [1.54, 1.807) is 32.9 Å². The number of esters is 1. The van der Waals surface area contributed by atoms with Crippen LogP contribution in [-0.4, -0.2) is 23.0 Å². The lowest BCUT2D eigenvalue weighted by molar-refractivity contribution is -0.111. The van der Waals surface area contributed by atoms with Crippen LogP contribution >= 0.6 is 11.3 Å². The second-order valence-corrected chi connectivity index (χ2v) is 7.73. The molecule has 0 aliphatic carbocycles. The predicted molar refractivity (Wildman–Crippen MR) is 112 cm³/mol. The number of thiazole rings is 1. The molecule has 7 nitrogen and oxygen atoms in total. The summed E-state index contributed by atoms with van der Waals surface area (Å²) in [6, 6.07) is 5.34.